The SMILES string of the molecule is CCOC(=O)c1ccccc1NC(=O)CN1CC[C@]2(O)CCCC[C@@H]2[C@@H]1c1cc(OC)ccc1OC. The van der Waals surface area contributed by atoms with Crippen LogP contribution in [0.25, 0.3) is 0 Å². The monoisotopic (exact) mass is 496 g/mol. The lowest BCUT2D eigenvalue weighted by Crippen LogP contribution is -2.56. The van der Waals surface area contributed by atoms with Gasteiger partial charge in [0.2, 0.25) is 5.91 Å². The fourth-order valence-electron chi connectivity index (χ4n) is 5.76. The Kier molecular flexibility index (Phi) is 8.16. The van der Waals surface area contributed by atoms with Crippen molar-refractivity contribution >= 4 is 17.6 Å². The molecule has 1 saturated heterocycles. The van der Waals surface area contributed by atoms with Crippen molar-refractivity contribution in [3.8, 4) is 11.5 Å². The molecular weight excluding hydrogens is 460 g/mol. The highest BCUT2D eigenvalue weighted by Gasteiger charge is 2.50. The predicted octanol–water partition coefficient (Wildman–Crippen LogP) is 4.19. The molecule has 0 bridgehead atoms. The van der Waals surface area contributed by atoms with Gasteiger partial charge in [-0.3, -0.25) is 9.69 Å². The van der Waals surface area contributed by atoms with Gasteiger partial charge in [-0.25, -0.2) is 4.79 Å². The van der Waals surface area contributed by atoms with Crippen molar-refractivity contribution in [1.29, 1.82) is 0 Å². The van der Waals surface area contributed by atoms with Gasteiger partial charge in [-0.1, -0.05) is 25.0 Å². The van der Waals surface area contributed by atoms with E-state index in [1.54, 1.807) is 45.4 Å². The first-order chi connectivity index (χ1) is 17.4. The zero-order valence-corrected chi connectivity index (χ0v) is 21.3. The minimum absolute atomic E-state index is 0.0411. The minimum Gasteiger partial charge on any atom is -0.497 e. The van der Waals surface area contributed by atoms with Crippen LogP contribution < -0.4 is 14.8 Å². The molecule has 0 unspecified atom stereocenters. The van der Waals surface area contributed by atoms with E-state index >= 15 is 0 Å². The standard InChI is InChI=1S/C28H36N2O6/c1-4-36-27(32)20-9-5-6-11-23(20)29-25(31)18-30-16-15-28(33)14-8-7-10-22(28)26(30)21-17-19(34-2)12-13-24(21)35-3/h5-6,9,11-13,17,22,26,33H,4,7-8,10,14-16,18H2,1-3H3,(H,29,31)/t22-,26+,28-/m1/s1. The molecule has 1 saturated carbocycles. The zero-order chi connectivity index (χ0) is 25.7. The van der Waals surface area contributed by atoms with E-state index < -0.39 is 11.6 Å². The molecule has 1 aliphatic carbocycles. The van der Waals surface area contributed by atoms with Crippen molar-refractivity contribution in [3.05, 3.63) is 53.6 Å². The number of esters is 1. The Hall–Kier alpha value is -3.10. The van der Waals surface area contributed by atoms with Crippen LogP contribution in [0.15, 0.2) is 42.5 Å². The zero-order valence-electron chi connectivity index (χ0n) is 21.3. The number of likely N-dealkylation sites (tertiary alicyclic amines) is 1. The van der Waals surface area contributed by atoms with Crippen LogP contribution in [0.4, 0.5) is 5.69 Å². The molecule has 194 valence electrons. The van der Waals surface area contributed by atoms with E-state index in [1.165, 1.54) is 0 Å². The van der Waals surface area contributed by atoms with Crippen molar-refractivity contribution in [2.75, 3.05) is 39.2 Å². The minimum atomic E-state index is -0.777. The third-order valence-corrected chi connectivity index (χ3v) is 7.47. The summed E-state index contributed by atoms with van der Waals surface area (Å²) in [5.41, 5.74) is 0.865. The highest BCUT2D eigenvalue weighted by Crippen LogP contribution is 2.51. The Morgan fingerprint density at radius 3 is 2.67 bits per heavy atom. The number of nitrogens with one attached hydrogen (secondary N) is 1. The molecule has 1 heterocycles. The van der Waals surface area contributed by atoms with Crippen LogP contribution in [0.5, 0.6) is 11.5 Å². The lowest BCUT2D eigenvalue weighted by atomic mass is 9.66. The molecule has 36 heavy (non-hydrogen) atoms. The summed E-state index contributed by atoms with van der Waals surface area (Å²) < 4.78 is 16.3. The van der Waals surface area contributed by atoms with E-state index in [2.05, 4.69) is 10.2 Å². The molecule has 3 atom stereocenters. The average molecular weight is 497 g/mol. The first-order valence-electron chi connectivity index (χ1n) is 12.6. The number of hydrogen-bond donors (Lipinski definition) is 2. The van der Waals surface area contributed by atoms with Crippen molar-refractivity contribution in [3.63, 3.8) is 0 Å². The Labute approximate surface area is 212 Å². The van der Waals surface area contributed by atoms with Gasteiger partial charge in [-0.15, -0.1) is 0 Å². The number of nitrogens with zero attached hydrogens (tertiary/aromatic N) is 1. The lowest BCUT2D eigenvalue weighted by molar-refractivity contribution is -0.135. The van der Waals surface area contributed by atoms with Gasteiger partial charge in [0.15, 0.2) is 0 Å². The number of carbonyl (C=O) groups excluding carboxylic acids is 2. The van der Waals surface area contributed by atoms with Crippen LogP contribution in [0, 0.1) is 5.92 Å². The van der Waals surface area contributed by atoms with Gasteiger partial charge in [-0.05, 0) is 56.5 Å². The van der Waals surface area contributed by atoms with Crippen LogP contribution in [0.3, 0.4) is 0 Å². The molecule has 1 amide bonds. The molecular formula is C28H36N2O6. The van der Waals surface area contributed by atoms with Crippen molar-refractivity contribution < 1.29 is 28.9 Å². The van der Waals surface area contributed by atoms with Crippen molar-refractivity contribution in [1.82, 2.24) is 4.90 Å². The van der Waals surface area contributed by atoms with E-state index in [0.717, 1.165) is 31.2 Å². The summed E-state index contributed by atoms with van der Waals surface area (Å²) in [6.45, 7) is 2.66. The number of piperidine rings is 1. The number of ether oxygens (including phenoxy) is 3. The molecule has 2 N–H and O–H groups in total. The van der Waals surface area contributed by atoms with Crippen LogP contribution in [0.1, 0.15) is 61.0 Å². The summed E-state index contributed by atoms with van der Waals surface area (Å²) in [5.74, 6) is 0.648. The summed E-state index contributed by atoms with van der Waals surface area (Å²) in [6.07, 6.45) is 4.26. The Morgan fingerprint density at radius 2 is 1.92 bits per heavy atom. The largest absolute Gasteiger partial charge is 0.497 e. The summed E-state index contributed by atoms with van der Waals surface area (Å²) in [4.78, 5) is 27.8. The predicted molar refractivity (Wildman–Crippen MR) is 136 cm³/mol. The third-order valence-electron chi connectivity index (χ3n) is 7.47. The number of fused-ring (bicyclic) bond motifs is 1. The molecule has 4 rings (SSSR count). The molecule has 0 radical (unpaired) electrons. The maximum Gasteiger partial charge on any atom is 0.340 e. The number of methoxy groups -OCH3 is 2. The van der Waals surface area contributed by atoms with Gasteiger partial charge in [0.25, 0.3) is 0 Å². The summed E-state index contributed by atoms with van der Waals surface area (Å²) in [6, 6.07) is 12.3. The van der Waals surface area contributed by atoms with Gasteiger partial charge >= 0.3 is 5.97 Å². The summed E-state index contributed by atoms with van der Waals surface area (Å²) in [5, 5.41) is 14.5. The second-order valence-electron chi connectivity index (χ2n) is 9.54. The Bertz CT molecular complexity index is 1090. The van der Waals surface area contributed by atoms with Crippen LogP contribution in [-0.2, 0) is 9.53 Å². The quantitative estimate of drug-likeness (QED) is 0.529. The van der Waals surface area contributed by atoms with Gasteiger partial charge < -0.3 is 24.6 Å². The molecule has 2 aliphatic rings. The highest BCUT2D eigenvalue weighted by molar-refractivity contribution is 6.01. The molecule has 8 nitrogen and oxygen atoms in total. The van der Waals surface area contributed by atoms with Gasteiger partial charge in [0.05, 0.1) is 44.2 Å². The lowest BCUT2D eigenvalue weighted by Gasteiger charge is -2.52. The number of rotatable bonds is 8. The smallest absolute Gasteiger partial charge is 0.340 e. The maximum atomic E-state index is 13.3. The summed E-state index contributed by atoms with van der Waals surface area (Å²) in [7, 11) is 3.25. The second-order valence-corrected chi connectivity index (χ2v) is 9.54. The van der Waals surface area contributed by atoms with Crippen LogP contribution in [0.2, 0.25) is 0 Å². The number of carbonyl (C=O) groups is 2. The Balaban J connectivity index is 1.63. The fourth-order valence-corrected chi connectivity index (χ4v) is 5.76. The molecule has 2 aromatic rings. The molecule has 0 aromatic heterocycles. The summed E-state index contributed by atoms with van der Waals surface area (Å²) >= 11 is 0. The maximum absolute atomic E-state index is 13.3. The number of para-hydroxylation sites is 1. The highest BCUT2D eigenvalue weighted by atomic mass is 16.5. The van der Waals surface area contributed by atoms with Crippen molar-refractivity contribution in [2.45, 2.75) is 50.7 Å². The van der Waals surface area contributed by atoms with Gasteiger partial charge in [-0.2, -0.15) is 0 Å². The number of hydrogen-bond acceptors (Lipinski definition) is 7. The topological polar surface area (TPSA) is 97.3 Å². The van der Waals surface area contributed by atoms with Gasteiger partial charge in [0.1, 0.15) is 11.5 Å². The number of benzene rings is 2. The van der Waals surface area contributed by atoms with E-state index in [-0.39, 0.29) is 31.0 Å². The third kappa shape index (κ3) is 5.34. The van der Waals surface area contributed by atoms with Gasteiger partial charge in [0, 0.05) is 24.1 Å². The molecule has 8 heteroatoms. The molecule has 2 fully saturated rings. The first kappa shape index (κ1) is 26.0. The Morgan fingerprint density at radius 1 is 1.11 bits per heavy atom. The molecule has 0 spiro atoms. The molecule has 2 aromatic carbocycles. The van der Waals surface area contributed by atoms with E-state index in [0.29, 0.717) is 35.7 Å². The fraction of sp³-hybridized carbons (Fsp3) is 0.500. The second kappa shape index (κ2) is 11.3. The van der Waals surface area contributed by atoms with E-state index in [9.17, 15) is 14.7 Å². The number of anilines is 1. The first-order valence-corrected chi connectivity index (χ1v) is 12.6. The van der Waals surface area contributed by atoms with Crippen LogP contribution in [-0.4, -0.2) is 61.4 Å². The normalized spacial score (nSPS) is 23.9. The van der Waals surface area contributed by atoms with E-state index in [4.69, 9.17) is 14.2 Å². The number of aliphatic hydroxyl groups is 1. The van der Waals surface area contributed by atoms with E-state index in [1.807, 2.05) is 18.2 Å². The molecule has 1 aliphatic heterocycles. The van der Waals surface area contributed by atoms with Crippen molar-refractivity contribution in [2.24, 2.45) is 5.92 Å². The van der Waals surface area contributed by atoms with Crippen LogP contribution >= 0.6 is 0 Å². The number of amides is 1. The average Bonchev–Trinajstić information content (AvgIpc) is 2.88.